The van der Waals surface area contributed by atoms with E-state index < -0.39 is 4.92 Å². The number of benzene rings is 1. The molecule has 0 aromatic heterocycles. The molecule has 1 aliphatic rings. The number of nitrogens with zero attached hydrogens (tertiary/aromatic N) is 3. The van der Waals surface area contributed by atoms with E-state index in [1.165, 1.54) is 6.07 Å². The van der Waals surface area contributed by atoms with Gasteiger partial charge in [0.25, 0.3) is 5.69 Å². The molecular formula is C15H21ClN4O3. The number of hydrogen-bond donors (Lipinski definition) is 1. The monoisotopic (exact) mass is 340 g/mol. The van der Waals surface area contributed by atoms with Crippen molar-refractivity contribution in [2.45, 2.75) is 19.8 Å². The number of anilines is 2. The van der Waals surface area contributed by atoms with Gasteiger partial charge in [-0.1, -0.05) is 18.5 Å². The molecular weight excluding hydrogens is 320 g/mol. The minimum absolute atomic E-state index is 0.0342. The van der Waals surface area contributed by atoms with Crippen molar-refractivity contribution in [2.24, 2.45) is 0 Å². The fourth-order valence-corrected chi connectivity index (χ4v) is 2.74. The van der Waals surface area contributed by atoms with E-state index >= 15 is 0 Å². The SMILES string of the molecule is CCCC(=O)Nc1cc(N2CCN(C)CC2)c([N+](=O)[O-])cc1Cl. The first-order valence-electron chi connectivity index (χ1n) is 7.63. The van der Waals surface area contributed by atoms with Crippen LogP contribution in [0.15, 0.2) is 12.1 Å². The van der Waals surface area contributed by atoms with Gasteiger partial charge in [0.05, 0.1) is 15.6 Å². The molecule has 0 aliphatic carbocycles. The maximum absolute atomic E-state index is 11.8. The van der Waals surface area contributed by atoms with Gasteiger partial charge in [0.2, 0.25) is 5.91 Å². The summed E-state index contributed by atoms with van der Waals surface area (Å²) in [5.41, 5.74) is 0.886. The van der Waals surface area contributed by atoms with Gasteiger partial charge >= 0.3 is 0 Å². The summed E-state index contributed by atoms with van der Waals surface area (Å²) in [5, 5.41) is 14.3. The first-order chi connectivity index (χ1) is 10.9. The number of likely N-dealkylation sites (N-methyl/N-ethyl adjacent to an activating group) is 1. The molecule has 0 spiro atoms. The summed E-state index contributed by atoms with van der Waals surface area (Å²) >= 11 is 6.11. The van der Waals surface area contributed by atoms with E-state index in [9.17, 15) is 14.9 Å². The number of rotatable bonds is 5. The van der Waals surface area contributed by atoms with Crippen molar-refractivity contribution in [3.8, 4) is 0 Å². The molecule has 8 heteroatoms. The zero-order valence-electron chi connectivity index (χ0n) is 13.3. The van der Waals surface area contributed by atoms with E-state index in [4.69, 9.17) is 11.6 Å². The minimum atomic E-state index is -0.433. The van der Waals surface area contributed by atoms with Gasteiger partial charge in [-0.25, -0.2) is 0 Å². The van der Waals surface area contributed by atoms with Crippen molar-refractivity contribution < 1.29 is 9.72 Å². The number of amides is 1. The average molecular weight is 341 g/mol. The molecule has 2 rings (SSSR count). The second-order valence-electron chi connectivity index (χ2n) is 5.67. The van der Waals surface area contributed by atoms with Gasteiger partial charge in [-0.15, -0.1) is 0 Å². The molecule has 7 nitrogen and oxygen atoms in total. The molecule has 1 amide bonds. The summed E-state index contributed by atoms with van der Waals surface area (Å²) in [4.78, 5) is 26.8. The summed E-state index contributed by atoms with van der Waals surface area (Å²) in [6.07, 6.45) is 1.11. The Morgan fingerprint density at radius 2 is 2.00 bits per heavy atom. The van der Waals surface area contributed by atoms with Crippen LogP contribution >= 0.6 is 11.6 Å². The first-order valence-corrected chi connectivity index (χ1v) is 8.01. The molecule has 23 heavy (non-hydrogen) atoms. The molecule has 1 saturated heterocycles. The molecule has 126 valence electrons. The summed E-state index contributed by atoms with van der Waals surface area (Å²) in [7, 11) is 2.02. The molecule has 1 aromatic rings. The molecule has 0 atom stereocenters. The van der Waals surface area contributed by atoms with Crippen molar-refractivity contribution in [2.75, 3.05) is 43.4 Å². The Kier molecular flexibility index (Phi) is 5.79. The zero-order chi connectivity index (χ0) is 17.0. The van der Waals surface area contributed by atoms with Gasteiger partial charge in [-0.2, -0.15) is 0 Å². The molecule has 1 heterocycles. The van der Waals surface area contributed by atoms with Crippen molar-refractivity contribution in [1.82, 2.24) is 4.90 Å². The molecule has 0 saturated carbocycles. The zero-order valence-corrected chi connectivity index (χ0v) is 14.1. The lowest BCUT2D eigenvalue weighted by molar-refractivity contribution is -0.384. The van der Waals surface area contributed by atoms with Crippen molar-refractivity contribution in [3.63, 3.8) is 0 Å². The van der Waals surface area contributed by atoms with Gasteiger partial charge < -0.3 is 15.1 Å². The second kappa shape index (κ2) is 7.61. The average Bonchev–Trinajstić information content (AvgIpc) is 2.50. The summed E-state index contributed by atoms with van der Waals surface area (Å²) in [6.45, 7) is 4.96. The third kappa shape index (κ3) is 4.33. The quantitative estimate of drug-likeness (QED) is 0.658. The van der Waals surface area contributed by atoms with Gasteiger partial charge in [-0.3, -0.25) is 14.9 Å². The Bertz CT molecular complexity index is 601. The number of hydrogen-bond acceptors (Lipinski definition) is 5. The summed E-state index contributed by atoms with van der Waals surface area (Å²) in [6, 6.07) is 2.93. The van der Waals surface area contributed by atoms with Crippen LogP contribution in [0.5, 0.6) is 0 Å². The van der Waals surface area contributed by atoms with Crippen LogP contribution in [0.3, 0.4) is 0 Å². The minimum Gasteiger partial charge on any atom is -0.363 e. The van der Waals surface area contributed by atoms with Gasteiger partial charge in [0, 0.05) is 38.7 Å². The van der Waals surface area contributed by atoms with E-state index in [0.717, 1.165) is 19.5 Å². The topological polar surface area (TPSA) is 78.7 Å². The lowest BCUT2D eigenvalue weighted by Gasteiger charge is -2.33. The Balaban J connectivity index is 2.33. The number of nitro benzene ring substituents is 1. The van der Waals surface area contributed by atoms with Crippen molar-refractivity contribution >= 4 is 34.6 Å². The van der Waals surface area contributed by atoms with Crippen molar-refractivity contribution in [3.05, 3.63) is 27.3 Å². The highest BCUT2D eigenvalue weighted by Gasteiger charge is 2.25. The summed E-state index contributed by atoms with van der Waals surface area (Å²) < 4.78 is 0. The van der Waals surface area contributed by atoms with Crippen LogP contribution in [0.25, 0.3) is 0 Å². The van der Waals surface area contributed by atoms with E-state index in [1.807, 2.05) is 18.9 Å². The van der Waals surface area contributed by atoms with Crippen LogP contribution in [-0.2, 0) is 4.79 Å². The van der Waals surface area contributed by atoms with E-state index in [2.05, 4.69) is 10.2 Å². The fourth-order valence-electron chi connectivity index (χ4n) is 2.53. The van der Waals surface area contributed by atoms with Crippen LogP contribution in [0.4, 0.5) is 17.1 Å². The Morgan fingerprint density at radius 1 is 1.35 bits per heavy atom. The molecule has 0 bridgehead atoms. The molecule has 1 aliphatic heterocycles. The molecule has 1 aromatic carbocycles. The van der Waals surface area contributed by atoms with E-state index in [1.54, 1.807) is 6.07 Å². The fraction of sp³-hybridized carbons (Fsp3) is 0.533. The Labute approximate surface area is 140 Å². The third-order valence-corrected chi connectivity index (χ3v) is 4.17. The predicted octanol–water partition coefficient (Wildman–Crippen LogP) is 2.74. The predicted molar refractivity (Wildman–Crippen MR) is 91.4 cm³/mol. The third-order valence-electron chi connectivity index (χ3n) is 3.86. The lowest BCUT2D eigenvalue weighted by atomic mass is 10.2. The number of nitro groups is 1. The van der Waals surface area contributed by atoms with Crippen molar-refractivity contribution in [1.29, 1.82) is 0 Å². The standard InChI is InChI=1S/C15H21ClN4O3/c1-3-4-15(21)17-12-10-13(14(20(22)23)9-11(12)16)19-7-5-18(2)6-8-19/h9-10H,3-8H2,1-2H3,(H,17,21). The highest BCUT2D eigenvalue weighted by Crippen LogP contribution is 2.37. The molecule has 1 fully saturated rings. The first kappa shape index (κ1) is 17.5. The Morgan fingerprint density at radius 3 is 2.57 bits per heavy atom. The highest BCUT2D eigenvalue weighted by molar-refractivity contribution is 6.34. The number of nitrogens with one attached hydrogen (secondary N) is 1. The van der Waals surface area contributed by atoms with Gasteiger partial charge in [0.15, 0.2) is 0 Å². The number of carbonyl (C=O) groups is 1. The number of carbonyl (C=O) groups excluding carboxylic acids is 1. The smallest absolute Gasteiger partial charge is 0.294 e. The lowest BCUT2D eigenvalue weighted by Crippen LogP contribution is -2.44. The maximum Gasteiger partial charge on any atom is 0.294 e. The molecule has 0 unspecified atom stereocenters. The summed E-state index contributed by atoms with van der Waals surface area (Å²) in [5.74, 6) is -0.146. The highest BCUT2D eigenvalue weighted by atomic mass is 35.5. The van der Waals surface area contributed by atoms with E-state index in [-0.39, 0.29) is 16.6 Å². The molecule has 1 N–H and O–H groups in total. The van der Waals surface area contributed by atoms with Crippen LogP contribution in [0.2, 0.25) is 5.02 Å². The van der Waals surface area contributed by atoms with Crippen LogP contribution in [-0.4, -0.2) is 49.0 Å². The number of piperazine rings is 1. The normalized spacial score (nSPS) is 15.5. The van der Waals surface area contributed by atoms with Gasteiger partial charge in [0.1, 0.15) is 5.69 Å². The maximum atomic E-state index is 11.8. The second-order valence-corrected chi connectivity index (χ2v) is 6.07. The number of halogens is 1. The Hall–Kier alpha value is -1.86. The largest absolute Gasteiger partial charge is 0.363 e. The van der Waals surface area contributed by atoms with E-state index in [0.29, 0.717) is 30.9 Å². The van der Waals surface area contributed by atoms with Crippen LogP contribution in [0, 0.1) is 10.1 Å². The van der Waals surface area contributed by atoms with Crippen LogP contribution < -0.4 is 10.2 Å². The van der Waals surface area contributed by atoms with Crippen LogP contribution in [0.1, 0.15) is 19.8 Å². The molecule has 0 radical (unpaired) electrons. The van der Waals surface area contributed by atoms with Gasteiger partial charge in [-0.05, 0) is 19.5 Å².